The molecular formula is C16H20N2O. The molecule has 0 amide bonds. The van der Waals surface area contributed by atoms with Crippen molar-refractivity contribution in [2.24, 2.45) is 5.73 Å². The van der Waals surface area contributed by atoms with Crippen molar-refractivity contribution in [2.75, 3.05) is 18.6 Å². The standard InChI is InChI=1S/C16H20N2O/c1-3-19-16-10-8-15(9-11-16)18(2)14-6-4-13(12-17)5-7-14/h4-11H,3,12,17H2,1-2H3. The number of nitrogens with zero attached hydrogens (tertiary/aromatic N) is 1. The molecule has 0 saturated heterocycles. The molecule has 0 bridgehead atoms. The molecule has 0 aromatic heterocycles. The van der Waals surface area contributed by atoms with Crippen LogP contribution in [-0.4, -0.2) is 13.7 Å². The van der Waals surface area contributed by atoms with Crippen LogP contribution < -0.4 is 15.4 Å². The van der Waals surface area contributed by atoms with Crippen LogP contribution in [0.2, 0.25) is 0 Å². The van der Waals surface area contributed by atoms with Crippen LogP contribution in [0.25, 0.3) is 0 Å². The van der Waals surface area contributed by atoms with E-state index in [2.05, 4.69) is 41.3 Å². The van der Waals surface area contributed by atoms with Gasteiger partial charge in [0.1, 0.15) is 5.75 Å². The summed E-state index contributed by atoms with van der Waals surface area (Å²) in [6, 6.07) is 16.4. The number of nitrogens with two attached hydrogens (primary N) is 1. The van der Waals surface area contributed by atoms with E-state index in [-0.39, 0.29) is 0 Å². The lowest BCUT2D eigenvalue weighted by Crippen LogP contribution is -2.09. The molecule has 0 heterocycles. The van der Waals surface area contributed by atoms with Gasteiger partial charge >= 0.3 is 0 Å². The summed E-state index contributed by atoms with van der Waals surface area (Å²) in [5.74, 6) is 0.901. The van der Waals surface area contributed by atoms with Gasteiger partial charge in [0.25, 0.3) is 0 Å². The van der Waals surface area contributed by atoms with Gasteiger partial charge in [0.15, 0.2) is 0 Å². The van der Waals surface area contributed by atoms with E-state index in [1.807, 2.05) is 26.1 Å². The predicted molar refractivity (Wildman–Crippen MR) is 80.0 cm³/mol. The van der Waals surface area contributed by atoms with Crippen LogP contribution in [0.3, 0.4) is 0 Å². The van der Waals surface area contributed by atoms with E-state index < -0.39 is 0 Å². The van der Waals surface area contributed by atoms with E-state index in [1.165, 1.54) is 0 Å². The van der Waals surface area contributed by atoms with Gasteiger partial charge in [-0.15, -0.1) is 0 Å². The van der Waals surface area contributed by atoms with Crippen molar-refractivity contribution in [1.29, 1.82) is 0 Å². The highest BCUT2D eigenvalue weighted by Gasteiger charge is 2.04. The molecule has 0 aliphatic rings. The smallest absolute Gasteiger partial charge is 0.119 e. The third-order valence-electron chi connectivity index (χ3n) is 3.09. The molecule has 2 aromatic rings. The quantitative estimate of drug-likeness (QED) is 0.892. The van der Waals surface area contributed by atoms with Gasteiger partial charge in [0.2, 0.25) is 0 Å². The lowest BCUT2D eigenvalue weighted by molar-refractivity contribution is 0.340. The number of benzene rings is 2. The Balaban J connectivity index is 2.15. The summed E-state index contributed by atoms with van der Waals surface area (Å²) in [5, 5.41) is 0. The zero-order valence-corrected chi connectivity index (χ0v) is 11.5. The molecule has 0 spiro atoms. The van der Waals surface area contributed by atoms with Crippen molar-refractivity contribution in [3.05, 3.63) is 54.1 Å². The Kier molecular flexibility index (Phi) is 4.42. The third kappa shape index (κ3) is 3.26. The Bertz CT molecular complexity index is 505. The maximum atomic E-state index is 5.60. The Morgan fingerprint density at radius 2 is 1.47 bits per heavy atom. The van der Waals surface area contributed by atoms with Gasteiger partial charge in [-0.2, -0.15) is 0 Å². The molecule has 2 rings (SSSR count). The van der Waals surface area contributed by atoms with Crippen molar-refractivity contribution in [3.8, 4) is 5.75 Å². The molecule has 19 heavy (non-hydrogen) atoms. The van der Waals surface area contributed by atoms with Crippen LogP contribution >= 0.6 is 0 Å². The Morgan fingerprint density at radius 3 is 1.95 bits per heavy atom. The van der Waals surface area contributed by atoms with Gasteiger partial charge in [-0.3, -0.25) is 0 Å². The van der Waals surface area contributed by atoms with Gasteiger partial charge in [-0.05, 0) is 48.9 Å². The largest absolute Gasteiger partial charge is 0.494 e. The lowest BCUT2D eigenvalue weighted by atomic mass is 10.2. The first-order valence-corrected chi connectivity index (χ1v) is 6.50. The second-order valence-corrected chi connectivity index (χ2v) is 4.36. The maximum absolute atomic E-state index is 5.60. The van der Waals surface area contributed by atoms with Gasteiger partial charge in [-0.25, -0.2) is 0 Å². The van der Waals surface area contributed by atoms with E-state index in [0.717, 1.165) is 22.7 Å². The normalized spacial score (nSPS) is 10.3. The van der Waals surface area contributed by atoms with Gasteiger partial charge in [0, 0.05) is 25.0 Å². The van der Waals surface area contributed by atoms with E-state index in [0.29, 0.717) is 13.2 Å². The summed E-state index contributed by atoms with van der Waals surface area (Å²) in [6.07, 6.45) is 0. The van der Waals surface area contributed by atoms with Gasteiger partial charge < -0.3 is 15.4 Å². The van der Waals surface area contributed by atoms with Gasteiger partial charge in [0.05, 0.1) is 6.61 Å². The first-order valence-electron chi connectivity index (χ1n) is 6.50. The Morgan fingerprint density at radius 1 is 0.947 bits per heavy atom. The first kappa shape index (κ1) is 13.4. The van der Waals surface area contributed by atoms with Crippen LogP contribution in [0.1, 0.15) is 12.5 Å². The molecule has 0 radical (unpaired) electrons. The van der Waals surface area contributed by atoms with Crippen molar-refractivity contribution < 1.29 is 4.74 Å². The minimum atomic E-state index is 0.576. The summed E-state index contributed by atoms with van der Waals surface area (Å²) in [4.78, 5) is 2.13. The fraction of sp³-hybridized carbons (Fsp3) is 0.250. The number of hydrogen-bond acceptors (Lipinski definition) is 3. The second-order valence-electron chi connectivity index (χ2n) is 4.36. The zero-order valence-electron chi connectivity index (χ0n) is 11.5. The van der Waals surface area contributed by atoms with Crippen LogP contribution in [0.4, 0.5) is 11.4 Å². The van der Waals surface area contributed by atoms with E-state index in [1.54, 1.807) is 0 Å². The predicted octanol–water partition coefficient (Wildman–Crippen LogP) is 3.31. The lowest BCUT2D eigenvalue weighted by Gasteiger charge is -2.20. The third-order valence-corrected chi connectivity index (χ3v) is 3.09. The summed E-state index contributed by atoms with van der Waals surface area (Å²) in [7, 11) is 2.05. The van der Waals surface area contributed by atoms with Crippen LogP contribution in [-0.2, 0) is 6.54 Å². The van der Waals surface area contributed by atoms with Crippen LogP contribution in [0.15, 0.2) is 48.5 Å². The monoisotopic (exact) mass is 256 g/mol. The molecule has 0 aliphatic heterocycles. The van der Waals surface area contributed by atoms with E-state index in [9.17, 15) is 0 Å². The highest BCUT2D eigenvalue weighted by Crippen LogP contribution is 2.25. The van der Waals surface area contributed by atoms with E-state index in [4.69, 9.17) is 10.5 Å². The first-order chi connectivity index (χ1) is 9.24. The molecule has 0 fully saturated rings. The minimum absolute atomic E-state index is 0.576. The number of rotatable bonds is 5. The van der Waals surface area contributed by atoms with Crippen molar-refractivity contribution in [2.45, 2.75) is 13.5 Å². The number of anilines is 2. The summed E-state index contributed by atoms with van der Waals surface area (Å²) in [5.41, 5.74) is 9.02. The van der Waals surface area contributed by atoms with E-state index >= 15 is 0 Å². The zero-order chi connectivity index (χ0) is 13.7. The molecule has 2 N–H and O–H groups in total. The van der Waals surface area contributed by atoms with Crippen LogP contribution in [0.5, 0.6) is 5.75 Å². The van der Waals surface area contributed by atoms with Crippen molar-refractivity contribution in [1.82, 2.24) is 0 Å². The summed E-state index contributed by atoms with van der Waals surface area (Å²) in [6.45, 7) is 3.25. The molecule has 3 nitrogen and oxygen atoms in total. The molecule has 0 aliphatic carbocycles. The topological polar surface area (TPSA) is 38.5 Å². The highest BCUT2D eigenvalue weighted by atomic mass is 16.5. The summed E-state index contributed by atoms with van der Waals surface area (Å²) < 4.78 is 5.44. The molecule has 2 aromatic carbocycles. The molecule has 100 valence electrons. The summed E-state index contributed by atoms with van der Waals surface area (Å²) >= 11 is 0. The Hall–Kier alpha value is -2.00. The van der Waals surface area contributed by atoms with Crippen molar-refractivity contribution >= 4 is 11.4 Å². The molecule has 0 atom stereocenters. The fourth-order valence-electron chi connectivity index (χ4n) is 1.94. The van der Waals surface area contributed by atoms with Crippen LogP contribution in [0, 0.1) is 0 Å². The highest BCUT2D eigenvalue weighted by molar-refractivity contribution is 5.63. The molecule has 0 saturated carbocycles. The average Bonchev–Trinajstić information content (AvgIpc) is 2.48. The molecular weight excluding hydrogens is 236 g/mol. The number of hydrogen-bond donors (Lipinski definition) is 1. The van der Waals surface area contributed by atoms with Crippen molar-refractivity contribution in [3.63, 3.8) is 0 Å². The van der Waals surface area contributed by atoms with Gasteiger partial charge in [-0.1, -0.05) is 12.1 Å². The SMILES string of the molecule is CCOc1ccc(N(C)c2ccc(CN)cc2)cc1. The number of ether oxygens (including phenoxy) is 1. The second kappa shape index (κ2) is 6.25. The maximum Gasteiger partial charge on any atom is 0.119 e. The minimum Gasteiger partial charge on any atom is -0.494 e. The average molecular weight is 256 g/mol. The fourth-order valence-corrected chi connectivity index (χ4v) is 1.94. The molecule has 0 unspecified atom stereocenters. The Labute approximate surface area is 114 Å². The molecule has 3 heteroatoms.